The highest BCUT2D eigenvalue weighted by Crippen LogP contribution is 2.34. The summed E-state index contributed by atoms with van der Waals surface area (Å²) in [6.07, 6.45) is 7.90. The first-order valence-electron chi connectivity index (χ1n) is 10.1. The molecule has 0 aliphatic carbocycles. The molecule has 0 radical (unpaired) electrons. The number of pyridine rings is 2. The van der Waals surface area contributed by atoms with Gasteiger partial charge in [-0.15, -0.1) is 0 Å². The normalized spacial score (nSPS) is 10.9. The topological polar surface area (TPSA) is 89.9 Å². The van der Waals surface area contributed by atoms with Crippen LogP contribution in [0.3, 0.4) is 0 Å². The van der Waals surface area contributed by atoms with Crippen LogP contribution in [-0.4, -0.2) is 47.1 Å². The van der Waals surface area contributed by atoms with E-state index in [0.717, 1.165) is 40.7 Å². The summed E-state index contributed by atoms with van der Waals surface area (Å²) in [5.74, 6) is 0.582. The zero-order valence-electron chi connectivity index (χ0n) is 17.6. The molecule has 156 valence electrons. The summed E-state index contributed by atoms with van der Waals surface area (Å²) in [6.45, 7) is 1.58. The fourth-order valence-corrected chi connectivity index (χ4v) is 3.41. The molecule has 0 amide bonds. The van der Waals surface area contributed by atoms with E-state index in [1.807, 2.05) is 56.7 Å². The average Bonchev–Trinajstić information content (AvgIpc) is 3.27. The smallest absolute Gasteiger partial charge is 0.213 e. The maximum atomic E-state index is 9.67. The molecule has 3 aromatic heterocycles. The van der Waals surface area contributed by atoms with E-state index in [0.29, 0.717) is 23.7 Å². The number of benzene rings is 1. The Morgan fingerprint density at radius 1 is 1.13 bits per heavy atom. The van der Waals surface area contributed by atoms with Gasteiger partial charge in [0, 0.05) is 65.1 Å². The van der Waals surface area contributed by atoms with E-state index < -0.39 is 0 Å². The fourth-order valence-electron chi connectivity index (χ4n) is 3.41. The molecule has 4 rings (SSSR count). The molecule has 7 heteroatoms. The molecule has 2 N–H and O–H groups in total. The number of fused-ring (bicyclic) bond motifs is 1. The van der Waals surface area contributed by atoms with E-state index in [2.05, 4.69) is 31.2 Å². The van der Waals surface area contributed by atoms with Crippen molar-refractivity contribution in [2.75, 3.05) is 32.6 Å². The molecule has 3 heterocycles. The second-order valence-electron chi connectivity index (χ2n) is 7.48. The standard InChI is InChI=1S/C24H24N6O/c1-30(2)11-4-12-31-23-8-7-17(15-28-23)20-16-26-14-18(13-25)24(20)29-22-6-3-5-21-19(22)9-10-27-21/h3,5-10,14-16,27H,4,11-12H2,1-2H3,(H,26,29). The van der Waals surface area contributed by atoms with Crippen molar-refractivity contribution in [3.63, 3.8) is 0 Å². The summed E-state index contributed by atoms with van der Waals surface area (Å²) in [5, 5.41) is 14.2. The third-order valence-electron chi connectivity index (χ3n) is 4.97. The Morgan fingerprint density at radius 2 is 2.03 bits per heavy atom. The van der Waals surface area contributed by atoms with Gasteiger partial charge >= 0.3 is 0 Å². The van der Waals surface area contributed by atoms with E-state index in [-0.39, 0.29) is 0 Å². The van der Waals surface area contributed by atoms with Crippen LogP contribution < -0.4 is 10.1 Å². The Bertz CT molecular complexity index is 1210. The lowest BCUT2D eigenvalue weighted by atomic mass is 10.0. The van der Waals surface area contributed by atoms with Crippen molar-refractivity contribution >= 4 is 22.3 Å². The van der Waals surface area contributed by atoms with Gasteiger partial charge in [0.1, 0.15) is 6.07 Å². The minimum absolute atomic E-state index is 0.467. The summed E-state index contributed by atoms with van der Waals surface area (Å²) in [6, 6.07) is 14.0. The van der Waals surface area contributed by atoms with Gasteiger partial charge < -0.3 is 19.9 Å². The van der Waals surface area contributed by atoms with E-state index in [1.165, 1.54) is 0 Å². The molecule has 0 aliphatic heterocycles. The molecule has 0 atom stereocenters. The summed E-state index contributed by atoms with van der Waals surface area (Å²) in [7, 11) is 4.08. The van der Waals surface area contributed by atoms with Crippen LogP contribution >= 0.6 is 0 Å². The summed E-state index contributed by atoms with van der Waals surface area (Å²) in [5.41, 5.74) is 4.77. The molecule has 4 aromatic rings. The first-order valence-corrected chi connectivity index (χ1v) is 10.1. The van der Waals surface area contributed by atoms with Gasteiger partial charge in [-0.3, -0.25) is 4.98 Å². The lowest BCUT2D eigenvalue weighted by molar-refractivity contribution is 0.273. The van der Waals surface area contributed by atoms with E-state index in [1.54, 1.807) is 18.6 Å². The van der Waals surface area contributed by atoms with Crippen LogP contribution in [0.5, 0.6) is 5.88 Å². The Balaban J connectivity index is 1.60. The number of nitriles is 1. The van der Waals surface area contributed by atoms with Crippen LogP contribution in [-0.2, 0) is 0 Å². The van der Waals surface area contributed by atoms with Crippen LogP contribution in [0, 0.1) is 11.3 Å². The number of ether oxygens (including phenoxy) is 1. The highest BCUT2D eigenvalue weighted by atomic mass is 16.5. The van der Waals surface area contributed by atoms with Crippen LogP contribution in [0.1, 0.15) is 12.0 Å². The molecule has 1 aromatic carbocycles. The maximum Gasteiger partial charge on any atom is 0.213 e. The van der Waals surface area contributed by atoms with Gasteiger partial charge in [0.2, 0.25) is 5.88 Å². The predicted octanol–water partition coefficient (Wildman–Crippen LogP) is 4.57. The summed E-state index contributed by atoms with van der Waals surface area (Å²) in [4.78, 5) is 14.0. The molecule has 0 aliphatic rings. The molecule has 31 heavy (non-hydrogen) atoms. The van der Waals surface area contributed by atoms with Gasteiger partial charge in [0.25, 0.3) is 0 Å². The number of hydrogen-bond donors (Lipinski definition) is 2. The quantitative estimate of drug-likeness (QED) is 0.412. The number of nitrogens with zero attached hydrogens (tertiary/aromatic N) is 4. The second-order valence-corrected chi connectivity index (χ2v) is 7.48. The van der Waals surface area contributed by atoms with Crippen molar-refractivity contribution in [3.05, 3.63) is 66.7 Å². The summed E-state index contributed by atoms with van der Waals surface area (Å²) >= 11 is 0. The number of H-pyrrole nitrogens is 1. The van der Waals surface area contributed by atoms with Crippen LogP contribution in [0.15, 0.2) is 61.2 Å². The van der Waals surface area contributed by atoms with Crippen LogP contribution in [0.4, 0.5) is 11.4 Å². The summed E-state index contributed by atoms with van der Waals surface area (Å²) < 4.78 is 5.73. The minimum Gasteiger partial charge on any atom is -0.478 e. The molecule has 0 saturated heterocycles. The number of rotatable bonds is 8. The van der Waals surface area contributed by atoms with Crippen molar-refractivity contribution in [2.45, 2.75) is 6.42 Å². The average molecular weight is 412 g/mol. The fraction of sp³-hybridized carbons (Fsp3) is 0.208. The van der Waals surface area contributed by atoms with Crippen molar-refractivity contribution < 1.29 is 4.74 Å². The monoisotopic (exact) mass is 412 g/mol. The van der Waals surface area contributed by atoms with E-state index in [4.69, 9.17) is 4.74 Å². The number of aromatic nitrogens is 3. The zero-order valence-corrected chi connectivity index (χ0v) is 17.6. The van der Waals surface area contributed by atoms with Crippen molar-refractivity contribution in [2.24, 2.45) is 0 Å². The zero-order chi connectivity index (χ0) is 21.6. The molecular weight excluding hydrogens is 388 g/mol. The van der Waals surface area contributed by atoms with E-state index in [9.17, 15) is 5.26 Å². The number of aromatic amines is 1. The number of anilines is 2. The van der Waals surface area contributed by atoms with Crippen LogP contribution in [0.2, 0.25) is 0 Å². The second kappa shape index (κ2) is 9.28. The first-order chi connectivity index (χ1) is 15.2. The van der Waals surface area contributed by atoms with Crippen molar-refractivity contribution in [1.29, 1.82) is 5.26 Å². The molecule has 0 bridgehead atoms. The first kappa shape index (κ1) is 20.4. The van der Waals surface area contributed by atoms with Gasteiger partial charge in [-0.2, -0.15) is 5.26 Å². The minimum atomic E-state index is 0.467. The van der Waals surface area contributed by atoms with Gasteiger partial charge in [0.05, 0.1) is 17.9 Å². The van der Waals surface area contributed by atoms with Crippen molar-refractivity contribution in [3.8, 4) is 23.1 Å². The third-order valence-corrected chi connectivity index (χ3v) is 4.97. The largest absolute Gasteiger partial charge is 0.478 e. The van der Waals surface area contributed by atoms with Gasteiger partial charge in [-0.1, -0.05) is 6.07 Å². The maximum absolute atomic E-state index is 9.67. The predicted molar refractivity (Wildman–Crippen MR) is 122 cm³/mol. The van der Waals surface area contributed by atoms with Crippen LogP contribution in [0.25, 0.3) is 22.0 Å². The Morgan fingerprint density at radius 3 is 2.81 bits per heavy atom. The molecular formula is C24H24N6O. The highest BCUT2D eigenvalue weighted by molar-refractivity contribution is 5.96. The Hall–Kier alpha value is -3.89. The lowest BCUT2D eigenvalue weighted by Crippen LogP contribution is -2.15. The van der Waals surface area contributed by atoms with Crippen molar-refractivity contribution in [1.82, 2.24) is 19.9 Å². The van der Waals surface area contributed by atoms with E-state index >= 15 is 0 Å². The highest BCUT2D eigenvalue weighted by Gasteiger charge is 2.13. The molecule has 0 fully saturated rings. The molecule has 0 spiro atoms. The SMILES string of the molecule is CN(C)CCCOc1ccc(-c2cncc(C#N)c2Nc2cccc3[nH]ccc23)cn1. The van der Waals surface area contributed by atoms with Gasteiger partial charge in [0.15, 0.2) is 0 Å². The van der Waals surface area contributed by atoms with Gasteiger partial charge in [-0.05, 0) is 44.8 Å². The molecule has 0 saturated carbocycles. The molecule has 0 unspecified atom stereocenters. The lowest BCUT2D eigenvalue weighted by Gasteiger charge is -2.15. The Kier molecular flexibility index (Phi) is 6.11. The molecule has 7 nitrogen and oxygen atoms in total. The van der Waals surface area contributed by atoms with Gasteiger partial charge in [-0.25, -0.2) is 4.98 Å². The number of hydrogen-bond acceptors (Lipinski definition) is 6. The third kappa shape index (κ3) is 4.65. The number of nitrogens with one attached hydrogen (secondary N) is 2. The Labute approximate surface area is 181 Å².